The summed E-state index contributed by atoms with van der Waals surface area (Å²) in [5.41, 5.74) is 2.46. The highest BCUT2D eigenvalue weighted by atomic mass is 35.5. The van der Waals surface area contributed by atoms with Crippen molar-refractivity contribution < 1.29 is 23.4 Å². The lowest BCUT2D eigenvalue weighted by Gasteiger charge is -2.28. The topological polar surface area (TPSA) is 64.3 Å². The van der Waals surface area contributed by atoms with Crippen LogP contribution in [0.4, 0.5) is 8.78 Å². The van der Waals surface area contributed by atoms with E-state index < -0.39 is 23.8 Å². The molecule has 0 spiro atoms. The maximum Gasteiger partial charge on any atom is 0.341 e. The van der Waals surface area contributed by atoms with Gasteiger partial charge in [-0.3, -0.25) is 4.57 Å². The monoisotopic (exact) mass is 562 g/mol. The molecule has 0 aliphatic rings. The largest absolute Gasteiger partial charge is 0.481 e. The zero-order valence-corrected chi connectivity index (χ0v) is 22.2. The minimum Gasteiger partial charge on any atom is -0.481 e. The quantitative estimate of drug-likeness (QED) is 0.213. The molecule has 0 fully saturated rings. The summed E-state index contributed by atoms with van der Waals surface area (Å²) < 4.78 is 34.8. The molecule has 192 valence electrons. The fraction of sp³-hybridized carbons (Fsp3) is 0.185. The number of aromatic nitrogens is 2. The number of ether oxygens (including phenoxy) is 1. The molecule has 0 radical (unpaired) electrons. The maximum absolute atomic E-state index is 13.8. The average Bonchev–Trinajstić information content (AvgIpc) is 3.29. The van der Waals surface area contributed by atoms with Crippen LogP contribution in [0.1, 0.15) is 30.7 Å². The standard InChI is InChI=1S/C27H22Cl2F2N2O3S/c1-27(2,17-4-10-21(28)22(29)11-17)24-13-32-26(33(24)20-8-6-18(30)7-9-20)37-15-16-3-5-19(31)12-23(16)36-14-25(34)35/h3-13H,14-15H2,1-2H3,(H,34,35). The second kappa shape index (κ2) is 11.1. The van der Waals surface area contributed by atoms with Crippen LogP contribution in [0.25, 0.3) is 5.69 Å². The highest BCUT2D eigenvalue weighted by molar-refractivity contribution is 7.98. The van der Waals surface area contributed by atoms with Crippen LogP contribution in [0.5, 0.6) is 5.75 Å². The number of nitrogens with zero attached hydrogens (tertiary/aromatic N) is 2. The lowest BCUT2D eigenvalue weighted by Crippen LogP contribution is -2.23. The van der Waals surface area contributed by atoms with Crippen molar-refractivity contribution in [3.05, 3.63) is 105 Å². The van der Waals surface area contributed by atoms with E-state index in [-0.39, 0.29) is 11.6 Å². The van der Waals surface area contributed by atoms with Gasteiger partial charge in [-0.25, -0.2) is 18.6 Å². The van der Waals surface area contributed by atoms with Gasteiger partial charge >= 0.3 is 5.97 Å². The lowest BCUT2D eigenvalue weighted by molar-refractivity contribution is -0.139. The predicted octanol–water partition coefficient (Wildman–Crippen LogP) is 7.54. The van der Waals surface area contributed by atoms with Gasteiger partial charge in [0.05, 0.1) is 21.9 Å². The van der Waals surface area contributed by atoms with Gasteiger partial charge in [0.15, 0.2) is 11.8 Å². The molecular formula is C27H22Cl2F2N2O3S. The molecule has 0 bridgehead atoms. The molecule has 4 rings (SSSR count). The van der Waals surface area contributed by atoms with Crippen LogP contribution in [0, 0.1) is 11.6 Å². The highest BCUT2D eigenvalue weighted by Crippen LogP contribution is 2.39. The zero-order chi connectivity index (χ0) is 26.7. The van der Waals surface area contributed by atoms with E-state index in [0.717, 1.165) is 17.3 Å². The van der Waals surface area contributed by atoms with Gasteiger partial charge in [0, 0.05) is 28.5 Å². The van der Waals surface area contributed by atoms with Crippen molar-refractivity contribution in [2.75, 3.05) is 6.61 Å². The Morgan fingerprint density at radius 2 is 1.73 bits per heavy atom. The first kappa shape index (κ1) is 27.0. The van der Waals surface area contributed by atoms with Crippen LogP contribution >= 0.6 is 35.0 Å². The first-order valence-corrected chi connectivity index (χ1v) is 12.9. The third-order valence-electron chi connectivity index (χ3n) is 5.83. The molecule has 0 unspecified atom stereocenters. The van der Waals surface area contributed by atoms with Crippen LogP contribution in [-0.2, 0) is 16.0 Å². The van der Waals surface area contributed by atoms with Crippen molar-refractivity contribution in [2.24, 2.45) is 0 Å². The van der Waals surface area contributed by atoms with E-state index in [1.165, 1.54) is 30.0 Å². The summed E-state index contributed by atoms with van der Waals surface area (Å²) in [6.45, 7) is 3.46. The van der Waals surface area contributed by atoms with Crippen molar-refractivity contribution in [1.29, 1.82) is 0 Å². The summed E-state index contributed by atoms with van der Waals surface area (Å²) in [4.78, 5) is 15.6. The van der Waals surface area contributed by atoms with Crippen LogP contribution < -0.4 is 4.74 Å². The van der Waals surface area contributed by atoms with Crippen molar-refractivity contribution in [2.45, 2.75) is 30.2 Å². The third kappa shape index (κ3) is 6.09. The number of carbonyl (C=O) groups is 1. The molecule has 10 heteroatoms. The molecule has 1 aromatic heterocycles. The molecule has 0 saturated carbocycles. The second-order valence-corrected chi connectivity index (χ2v) is 10.5. The van der Waals surface area contributed by atoms with Crippen LogP contribution in [0.3, 0.4) is 0 Å². The van der Waals surface area contributed by atoms with Crippen molar-refractivity contribution >= 4 is 40.9 Å². The number of thioether (sulfide) groups is 1. The van der Waals surface area contributed by atoms with Gasteiger partial charge in [0.25, 0.3) is 0 Å². The summed E-state index contributed by atoms with van der Waals surface area (Å²) in [5.74, 6) is -1.60. The van der Waals surface area contributed by atoms with Gasteiger partial charge in [-0.05, 0) is 48.0 Å². The van der Waals surface area contributed by atoms with E-state index in [1.807, 2.05) is 30.5 Å². The van der Waals surface area contributed by atoms with Gasteiger partial charge in [-0.2, -0.15) is 0 Å². The highest BCUT2D eigenvalue weighted by Gasteiger charge is 2.30. The Bertz CT molecular complexity index is 1440. The third-order valence-corrected chi connectivity index (χ3v) is 7.57. The first-order chi connectivity index (χ1) is 17.6. The van der Waals surface area contributed by atoms with Crippen LogP contribution in [-0.4, -0.2) is 27.2 Å². The van der Waals surface area contributed by atoms with E-state index >= 15 is 0 Å². The Hall–Kier alpha value is -3.07. The molecule has 5 nitrogen and oxygen atoms in total. The molecule has 3 aromatic carbocycles. The van der Waals surface area contributed by atoms with E-state index in [0.29, 0.717) is 32.2 Å². The minimum absolute atomic E-state index is 0.145. The molecule has 0 atom stereocenters. The van der Waals surface area contributed by atoms with E-state index in [2.05, 4.69) is 4.98 Å². The number of carboxylic acids is 1. The number of imidazole rings is 1. The maximum atomic E-state index is 13.8. The fourth-order valence-corrected chi connectivity index (χ4v) is 5.10. The van der Waals surface area contributed by atoms with Crippen molar-refractivity contribution in [3.63, 3.8) is 0 Å². The number of hydrogen-bond donors (Lipinski definition) is 1. The Morgan fingerprint density at radius 1 is 1.03 bits per heavy atom. The molecule has 37 heavy (non-hydrogen) atoms. The molecule has 4 aromatic rings. The number of benzene rings is 3. The van der Waals surface area contributed by atoms with Gasteiger partial charge in [-0.15, -0.1) is 0 Å². The van der Waals surface area contributed by atoms with E-state index in [4.69, 9.17) is 33.0 Å². The Balaban J connectivity index is 1.74. The second-order valence-electron chi connectivity index (χ2n) is 8.71. The van der Waals surface area contributed by atoms with Gasteiger partial charge in [0.2, 0.25) is 0 Å². The predicted molar refractivity (Wildman–Crippen MR) is 141 cm³/mol. The van der Waals surface area contributed by atoms with Crippen molar-refractivity contribution in [1.82, 2.24) is 9.55 Å². The van der Waals surface area contributed by atoms with E-state index in [1.54, 1.807) is 30.5 Å². The summed E-state index contributed by atoms with van der Waals surface area (Å²) >= 11 is 13.8. The Kier molecular flexibility index (Phi) is 8.11. The Labute approximate surface area is 227 Å². The molecule has 1 N–H and O–H groups in total. The SMILES string of the molecule is CC(C)(c1ccc(Cl)c(Cl)c1)c1cnc(SCc2ccc(F)cc2OCC(=O)O)n1-c1ccc(F)cc1. The summed E-state index contributed by atoms with van der Waals surface area (Å²) in [7, 11) is 0. The summed E-state index contributed by atoms with van der Waals surface area (Å²) in [5, 5.41) is 10.4. The average molecular weight is 563 g/mol. The van der Waals surface area contributed by atoms with E-state index in [9.17, 15) is 13.6 Å². The first-order valence-electron chi connectivity index (χ1n) is 11.1. The number of halogens is 4. The minimum atomic E-state index is -1.16. The molecular weight excluding hydrogens is 541 g/mol. The summed E-state index contributed by atoms with van der Waals surface area (Å²) in [6.07, 6.45) is 1.75. The zero-order valence-electron chi connectivity index (χ0n) is 19.8. The number of aliphatic carboxylic acids is 1. The van der Waals surface area contributed by atoms with Crippen LogP contribution in [0.15, 0.2) is 72.0 Å². The normalized spacial score (nSPS) is 11.5. The molecule has 1 heterocycles. The molecule has 0 saturated heterocycles. The van der Waals surface area contributed by atoms with Crippen molar-refractivity contribution in [3.8, 4) is 11.4 Å². The molecule has 0 amide bonds. The smallest absolute Gasteiger partial charge is 0.341 e. The van der Waals surface area contributed by atoms with Gasteiger partial charge in [0.1, 0.15) is 17.4 Å². The summed E-state index contributed by atoms with van der Waals surface area (Å²) in [6, 6.07) is 15.5. The lowest BCUT2D eigenvalue weighted by atomic mass is 9.81. The fourth-order valence-electron chi connectivity index (χ4n) is 3.81. The van der Waals surface area contributed by atoms with Crippen LogP contribution in [0.2, 0.25) is 10.0 Å². The molecule has 0 aliphatic heterocycles. The van der Waals surface area contributed by atoms with Gasteiger partial charge in [-0.1, -0.05) is 60.9 Å². The molecule has 0 aliphatic carbocycles. The number of rotatable bonds is 9. The number of carboxylic acid groups (broad SMARTS) is 1. The number of hydrogen-bond acceptors (Lipinski definition) is 4. The Morgan fingerprint density at radius 3 is 2.41 bits per heavy atom. The van der Waals surface area contributed by atoms with Gasteiger partial charge < -0.3 is 9.84 Å².